The minimum Gasteiger partial charge on any atom is -0.340 e. The quantitative estimate of drug-likeness (QED) is 0.395. The topological polar surface area (TPSA) is 156 Å². The number of fused-ring (bicyclic) bond motifs is 1. The number of nitrogens with zero attached hydrogens (tertiary/aromatic N) is 2. The summed E-state index contributed by atoms with van der Waals surface area (Å²) in [6, 6.07) is 11.6. The third kappa shape index (κ3) is 5.66. The summed E-state index contributed by atoms with van der Waals surface area (Å²) < 4.78 is 49.3. The van der Waals surface area contributed by atoms with Gasteiger partial charge in [-0.3, -0.25) is 0 Å². The van der Waals surface area contributed by atoms with E-state index in [4.69, 9.17) is 5.14 Å². The Kier molecular flexibility index (Phi) is 6.10. The summed E-state index contributed by atoms with van der Waals surface area (Å²) in [5.41, 5.74) is 4.02. The number of aryl methyl sites for hydroxylation is 2. The third-order valence-corrected chi connectivity index (χ3v) is 6.86. The molecule has 0 saturated heterocycles. The normalized spacial score (nSPS) is 15.8. The van der Waals surface area contributed by atoms with Crippen molar-refractivity contribution in [1.82, 2.24) is 14.7 Å². The summed E-state index contributed by atoms with van der Waals surface area (Å²) in [4.78, 5) is 8.81. The molecule has 1 heterocycles. The largest absolute Gasteiger partial charge is 0.340 e. The Hall–Kier alpha value is -3.06. The van der Waals surface area contributed by atoms with Gasteiger partial charge in [0.1, 0.15) is 5.82 Å². The van der Waals surface area contributed by atoms with Gasteiger partial charge in [0.2, 0.25) is 26.0 Å². The smallest absolute Gasteiger partial charge is 0.238 e. The molecule has 0 aliphatic heterocycles. The third-order valence-electron chi connectivity index (χ3n) is 5.23. The zero-order chi connectivity index (χ0) is 23.8. The van der Waals surface area contributed by atoms with Crippen LogP contribution in [0.5, 0.6) is 0 Å². The molecule has 0 spiro atoms. The average Bonchev–Trinajstić information content (AvgIpc) is 3.10. The van der Waals surface area contributed by atoms with Crippen LogP contribution < -0.4 is 20.5 Å². The van der Waals surface area contributed by atoms with Gasteiger partial charge in [0.15, 0.2) is 0 Å². The highest BCUT2D eigenvalue weighted by atomic mass is 32.2. The van der Waals surface area contributed by atoms with Crippen molar-refractivity contribution in [3.8, 4) is 0 Å². The first-order valence-corrected chi connectivity index (χ1v) is 13.5. The van der Waals surface area contributed by atoms with E-state index in [-0.39, 0.29) is 10.9 Å². The van der Waals surface area contributed by atoms with Gasteiger partial charge in [-0.1, -0.05) is 12.1 Å². The number of anilines is 4. The number of benzene rings is 2. The second kappa shape index (κ2) is 8.71. The molecule has 33 heavy (non-hydrogen) atoms. The van der Waals surface area contributed by atoms with Gasteiger partial charge < -0.3 is 10.6 Å². The first-order chi connectivity index (χ1) is 15.5. The first kappa shape index (κ1) is 23.1. The lowest BCUT2D eigenvalue weighted by molar-refractivity contribution is 0.560. The monoisotopic (exact) mass is 488 g/mol. The number of hydrogen-bond acceptors (Lipinski definition) is 8. The molecule has 0 fully saturated rings. The van der Waals surface area contributed by atoms with E-state index in [1.807, 2.05) is 25.1 Å². The Labute approximate surface area is 192 Å². The van der Waals surface area contributed by atoms with Crippen molar-refractivity contribution in [2.75, 3.05) is 16.9 Å². The Morgan fingerprint density at radius 1 is 1.03 bits per heavy atom. The molecule has 1 atom stereocenters. The summed E-state index contributed by atoms with van der Waals surface area (Å²) in [5.74, 6) is 0.827. The zero-order valence-corrected chi connectivity index (χ0v) is 19.7. The van der Waals surface area contributed by atoms with E-state index in [1.54, 1.807) is 18.3 Å². The Bertz CT molecular complexity index is 1420. The van der Waals surface area contributed by atoms with Crippen LogP contribution in [0.3, 0.4) is 0 Å². The van der Waals surface area contributed by atoms with Crippen LogP contribution in [0.15, 0.2) is 53.6 Å². The Morgan fingerprint density at radius 3 is 2.52 bits per heavy atom. The number of rotatable bonds is 7. The van der Waals surface area contributed by atoms with Crippen molar-refractivity contribution in [3.05, 3.63) is 65.4 Å². The van der Waals surface area contributed by atoms with Crippen LogP contribution in [0.25, 0.3) is 0 Å². The molecule has 5 N–H and O–H groups in total. The van der Waals surface area contributed by atoms with E-state index in [1.165, 1.54) is 12.1 Å². The van der Waals surface area contributed by atoms with Crippen LogP contribution in [0, 0.1) is 6.92 Å². The summed E-state index contributed by atoms with van der Waals surface area (Å²) >= 11 is 0. The predicted molar refractivity (Wildman–Crippen MR) is 127 cm³/mol. The maximum absolute atomic E-state index is 11.7. The molecule has 3 aromatic rings. The second-order valence-electron chi connectivity index (χ2n) is 7.94. The maximum atomic E-state index is 11.7. The van der Waals surface area contributed by atoms with Gasteiger partial charge >= 0.3 is 0 Å². The molecule has 0 amide bonds. The molecule has 2 aromatic carbocycles. The fraction of sp³-hybridized carbons (Fsp3) is 0.238. The molecule has 174 valence electrons. The van der Waals surface area contributed by atoms with Crippen molar-refractivity contribution in [1.29, 1.82) is 0 Å². The summed E-state index contributed by atoms with van der Waals surface area (Å²) in [6.07, 6.45) is 4.30. The van der Waals surface area contributed by atoms with Gasteiger partial charge in [0, 0.05) is 29.2 Å². The minimum atomic E-state index is -3.83. The van der Waals surface area contributed by atoms with Crippen LogP contribution in [0.4, 0.5) is 23.1 Å². The molecule has 1 aliphatic carbocycles. The lowest BCUT2D eigenvalue weighted by Gasteiger charge is -2.15. The molecule has 1 aromatic heterocycles. The number of nitrogens with one attached hydrogen (secondary N) is 3. The fourth-order valence-electron chi connectivity index (χ4n) is 3.71. The van der Waals surface area contributed by atoms with Gasteiger partial charge in [0.25, 0.3) is 0 Å². The summed E-state index contributed by atoms with van der Waals surface area (Å²) in [6.45, 7) is 1.83. The van der Waals surface area contributed by atoms with Crippen molar-refractivity contribution >= 4 is 43.2 Å². The van der Waals surface area contributed by atoms with Gasteiger partial charge in [-0.2, -0.15) is 4.98 Å². The highest BCUT2D eigenvalue weighted by molar-refractivity contribution is 7.89. The van der Waals surface area contributed by atoms with Crippen LogP contribution in [-0.2, 0) is 26.5 Å². The summed E-state index contributed by atoms with van der Waals surface area (Å²) in [7, 11) is -7.15. The first-order valence-electron chi connectivity index (χ1n) is 10.1. The highest BCUT2D eigenvalue weighted by Gasteiger charge is 2.25. The molecule has 10 nitrogen and oxygen atoms in total. The second-order valence-corrected chi connectivity index (χ2v) is 11.3. The van der Waals surface area contributed by atoms with Gasteiger partial charge in [-0.15, -0.1) is 0 Å². The number of aromatic nitrogens is 2. The molecule has 1 unspecified atom stereocenters. The predicted octanol–water partition coefficient (Wildman–Crippen LogP) is 2.46. The SMILES string of the molecule is Cc1cnc(Nc2ccc3c(c2)C(NS(C)(=O)=O)CC3)nc1Nc1cccc(S(N)(=O)=O)c1. The average molecular weight is 489 g/mol. The maximum Gasteiger partial charge on any atom is 0.238 e. The molecular formula is C21H24N6O4S2. The lowest BCUT2D eigenvalue weighted by atomic mass is 10.1. The van der Waals surface area contributed by atoms with E-state index in [0.717, 1.165) is 35.1 Å². The fourth-order valence-corrected chi connectivity index (χ4v) is 5.03. The van der Waals surface area contributed by atoms with Gasteiger partial charge in [-0.05, 0) is 61.2 Å². The van der Waals surface area contributed by atoms with E-state index in [0.29, 0.717) is 23.9 Å². The van der Waals surface area contributed by atoms with Crippen LogP contribution in [0.1, 0.15) is 29.2 Å². The van der Waals surface area contributed by atoms with Gasteiger partial charge in [-0.25, -0.2) is 31.7 Å². The number of sulfonamides is 2. The molecule has 0 bridgehead atoms. The molecule has 4 rings (SSSR count). The standard InChI is InChI=1S/C21H24N6O4S2/c1-13-12-23-21(26-20(13)24-15-4-3-5-17(10-15)33(22,30)31)25-16-8-6-14-7-9-19(18(14)11-16)27-32(2,28)29/h3-6,8,10-12,19,27H,7,9H2,1-2H3,(H2,22,30,31)(H2,23,24,25,26). The highest BCUT2D eigenvalue weighted by Crippen LogP contribution is 2.34. The van der Waals surface area contributed by atoms with Crippen molar-refractivity contribution in [3.63, 3.8) is 0 Å². The zero-order valence-electron chi connectivity index (χ0n) is 18.0. The molecular weight excluding hydrogens is 464 g/mol. The molecule has 12 heteroatoms. The summed E-state index contributed by atoms with van der Waals surface area (Å²) in [5, 5.41) is 11.5. The lowest BCUT2D eigenvalue weighted by Crippen LogP contribution is -2.25. The van der Waals surface area contributed by atoms with Crippen molar-refractivity contribution < 1.29 is 16.8 Å². The van der Waals surface area contributed by atoms with Crippen LogP contribution in [-0.4, -0.2) is 33.1 Å². The molecule has 0 saturated carbocycles. The van der Waals surface area contributed by atoms with Crippen LogP contribution in [0.2, 0.25) is 0 Å². The van der Waals surface area contributed by atoms with Gasteiger partial charge in [0.05, 0.1) is 11.2 Å². The minimum absolute atomic E-state index is 0.00652. The molecule has 1 aliphatic rings. The Morgan fingerprint density at radius 2 is 1.79 bits per heavy atom. The van der Waals surface area contributed by atoms with E-state index in [9.17, 15) is 16.8 Å². The Balaban J connectivity index is 1.56. The number of primary sulfonamides is 1. The van der Waals surface area contributed by atoms with E-state index >= 15 is 0 Å². The molecule has 0 radical (unpaired) electrons. The number of nitrogens with two attached hydrogens (primary N) is 1. The van der Waals surface area contributed by atoms with Crippen molar-refractivity contribution in [2.24, 2.45) is 5.14 Å². The van der Waals surface area contributed by atoms with E-state index < -0.39 is 20.0 Å². The van der Waals surface area contributed by atoms with Crippen LogP contribution >= 0.6 is 0 Å². The van der Waals surface area contributed by atoms with E-state index in [2.05, 4.69) is 25.3 Å². The number of hydrogen-bond donors (Lipinski definition) is 4. The van der Waals surface area contributed by atoms with Crippen molar-refractivity contribution in [2.45, 2.75) is 30.7 Å².